The number of hydrogen-bond donors (Lipinski definition) is 1. The lowest BCUT2D eigenvalue weighted by Gasteiger charge is -2.22. The summed E-state index contributed by atoms with van der Waals surface area (Å²) in [5.41, 5.74) is 3.79. The third-order valence-electron chi connectivity index (χ3n) is 5.86. The second-order valence-electron chi connectivity index (χ2n) is 7.72. The maximum Gasteiger partial charge on any atom is 0.355 e. The minimum atomic E-state index is -0.329. The number of aromatic nitrogens is 1. The number of ether oxygens (including phenoxy) is 1. The van der Waals surface area contributed by atoms with E-state index in [9.17, 15) is 9.59 Å². The van der Waals surface area contributed by atoms with Crippen LogP contribution in [-0.4, -0.2) is 22.8 Å². The first-order valence-electron chi connectivity index (χ1n) is 9.74. The van der Waals surface area contributed by atoms with Gasteiger partial charge in [-0.1, -0.05) is 30.2 Å². The summed E-state index contributed by atoms with van der Waals surface area (Å²) in [4.78, 5) is 28.7. The van der Waals surface area contributed by atoms with Gasteiger partial charge in [-0.15, -0.1) is 0 Å². The van der Waals surface area contributed by atoms with E-state index in [1.54, 1.807) is 0 Å². The fourth-order valence-electron chi connectivity index (χ4n) is 4.40. The number of halogens is 1. The van der Waals surface area contributed by atoms with Crippen molar-refractivity contribution in [3.05, 3.63) is 57.4 Å². The van der Waals surface area contributed by atoms with Gasteiger partial charge < -0.3 is 9.72 Å². The first-order chi connectivity index (χ1) is 13.0. The van der Waals surface area contributed by atoms with Crippen LogP contribution in [0.1, 0.15) is 82.1 Å². The Morgan fingerprint density at radius 3 is 2.52 bits per heavy atom. The van der Waals surface area contributed by atoms with E-state index >= 15 is 0 Å². The lowest BCUT2D eigenvalue weighted by Crippen LogP contribution is -2.21. The minimum absolute atomic E-state index is 0.00324. The van der Waals surface area contributed by atoms with Gasteiger partial charge >= 0.3 is 5.97 Å². The first kappa shape index (κ1) is 18.3. The molecule has 1 saturated carbocycles. The van der Waals surface area contributed by atoms with Crippen LogP contribution >= 0.6 is 11.6 Å². The second-order valence-corrected chi connectivity index (χ2v) is 8.16. The van der Waals surface area contributed by atoms with Crippen molar-refractivity contribution >= 4 is 23.4 Å². The summed E-state index contributed by atoms with van der Waals surface area (Å²) in [6.07, 6.45) is 6.46. The number of ketones is 1. The van der Waals surface area contributed by atoms with Crippen LogP contribution in [0.3, 0.4) is 0 Å². The van der Waals surface area contributed by atoms with E-state index in [0.29, 0.717) is 29.1 Å². The summed E-state index contributed by atoms with van der Waals surface area (Å²) in [7, 11) is 0. The van der Waals surface area contributed by atoms with Crippen molar-refractivity contribution in [2.24, 2.45) is 0 Å². The molecule has 4 nitrogen and oxygen atoms in total. The highest BCUT2D eigenvalue weighted by atomic mass is 35.5. The number of aromatic amines is 1. The SMILES string of the molecule is Cc1c(C(=O)OC2CCCCC2)[nH]c2c1C(=O)C[C@@H](c1ccc(Cl)cc1)C2. The molecule has 0 amide bonds. The number of fused-ring (bicyclic) bond motifs is 1. The van der Waals surface area contributed by atoms with Gasteiger partial charge in [-0.25, -0.2) is 4.79 Å². The molecule has 0 aliphatic heterocycles. The molecule has 1 atom stereocenters. The summed E-state index contributed by atoms with van der Waals surface area (Å²) in [6, 6.07) is 7.65. The Bertz CT molecular complexity index is 862. The first-order valence-corrected chi connectivity index (χ1v) is 10.1. The Balaban J connectivity index is 1.56. The van der Waals surface area contributed by atoms with E-state index in [1.165, 1.54) is 6.42 Å². The van der Waals surface area contributed by atoms with Crippen LogP contribution in [0.25, 0.3) is 0 Å². The zero-order valence-corrected chi connectivity index (χ0v) is 16.3. The standard InChI is InChI=1S/C22H24ClNO3/c1-13-20-18(24-21(13)22(26)27-17-5-3-2-4-6-17)11-15(12-19(20)25)14-7-9-16(23)10-8-14/h7-10,15,17,24H,2-6,11-12H2,1H3/t15-/m0/s1. The number of hydrogen-bond acceptors (Lipinski definition) is 3. The molecule has 27 heavy (non-hydrogen) atoms. The van der Waals surface area contributed by atoms with E-state index in [1.807, 2.05) is 31.2 Å². The number of H-pyrrole nitrogens is 1. The Morgan fingerprint density at radius 2 is 1.81 bits per heavy atom. The molecule has 2 aliphatic carbocycles. The highest BCUT2D eigenvalue weighted by Gasteiger charge is 2.33. The molecule has 1 heterocycles. The minimum Gasteiger partial charge on any atom is -0.458 e. The zero-order chi connectivity index (χ0) is 19.0. The lowest BCUT2D eigenvalue weighted by molar-refractivity contribution is 0.0204. The van der Waals surface area contributed by atoms with E-state index in [4.69, 9.17) is 16.3 Å². The largest absolute Gasteiger partial charge is 0.458 e. The van der Waals surface area contributed by atoms with Crippen LogP contribution in [0, 0.1) is 6.92 Å². The molecule has 1 aromatic carbocycles. The maximum absolute atomic E-state index is 12.8. The molecule has 0 bridgehead atoms. The molecular weight excluding hydrogens is 362 g/mol. The third-order valence-corrected chi connectivity index (χ3v) is 6.11. The number of carbonyl (C=O) groups excluding carboxylic acids is 2. The normalized spacial score (nSPS) is 20.4. The Labute approximate surface area is 164 Å². The molecular formula is C22H24ClNO3. The molecule has 1 N–H and O–H groups in total. The maximum atomic E-state index is 12.8. The topological polar surface area (TPSA) is 59.2 Å². The Morgan fingerprint density at radius 1 is 1.11 bits per heavy atom. The molecule has 1 fully saturated rings. The van der Waals surface area contributed by atoms with Gasteiger partial charge in [0, 0.05) is 22.7 Å². The Hall–Kier alpha value is -2.07. The van der Waals surface area contributed by atoms with E-state index in [0.717, 1.165) is 42.5 Å². The molecule has 2 aromatic rings. The smallest absolute Gasteiger partial charge is 0.355 e. The van der Waals surface area contributed by atoms with Gasteiger partial charge in [0.15, 0.2) is 5.78 Å². The summed E-state index contributed by atoms with van der Waals surface area (Å²) < 4.78 is 5.70. The summed E-state index contributed by atoms with van der Waals surface area (Å²) in [6.45, 7) is 1.84. The quantitative estimate of drug-likeness (QED) is 0.721. The van der Waals surface area contributed by atoms with Crippen LogP contribution < -0.4 is 0 Å². The van der Waals surface area contributed by atoms with E-state index in [2.05, 4.69) is 4.98 Å². The monoisotopic (exact) mass is 385 g/mol. The number of Topliss-reactive ketones (excluding diaryl/α,β-unsaturated/α-hetero) is 1. The number of nitrogens with one attached hydrogen (secondary N) is 1. The predicted octanol–water partition coefficient (Wildman–Crippen LogP) is 5.38. The van der Waals surface area contributed by atoms with Crippen LogP contribution in [0.15, 0.2) is 24.3 Å². The van der Waals surface area contributed by atoms with Crippen molar-refractivity contribution in [2.75, 3.05) is 0 Å². The summed E-state index contributed by atoms with van der Waals surface area (Å²) in [5.74, 6) is -0.145. The third kappa shape index (κ3) is 3.68. The van der Waals surface area contributed by atoms with E-state index < -0.39 is 0 Å². The van der Waals surface area contributed by atoms with Crippen molar-refractivity contribution in [1.29, 1.82) is 0 Å². The molecule has 2 aliphatic rings. The molecule has 0 unspecified atom stereocenters. The summed E-state index contributed by atoms with van der Waals surface area (Å²) >= 11 is 5.97. The van der Waals surface area contributed by atoms with Crippen LogP contribution in [0.5, 0.6) is 0 Å². The number of benzene rings is 1. The molecule has 5 heteroatoms. The highest BCUT2D eigenvalue weighted by Crippen LogP contribution is 2.35. The average molecular weight is 386 g/mol. The van der Waals surface area contributed by atoms with Crippen LogP contribution in [-0.2, 0) is 11.2 Å². The second kappa shape index (κ2) is 7.51. The summed E-state index contributed by atoms with van der Waals surface area (Å²) in [5, 5.41) is 0.685. The molecule has 0 saturated heterocycles. The zero-order valence-electron chi connectivity index (χ0n) is 15.5. The molecule has 0 radical (unpaired) electrons. The average Bonchev–Trinajstić information content (AvgIpc) is 3.00. The van der Waals surface area contributed by atoms with Gasteiger partial charge in [-0.3, -0.25) is 4.79 Å². The molecule has 4 rings (SSSR count). The Kier molecular flexibility index (Phi) is 5.09. The molecule has 142 valence electrons. The number of rotatable bonds is 3. The fraction of sp³-hybridized carbons (Fsp3) is 0.455. The van der Waals surface area contributed by atoms with Crippen molar-refractivity contribution in [3.8, 4) is 0 Å². The lowest BCUT2D eigenvalue weighted by atomic mass is 9.81. The molecule has 0 spiro atoms. The van der Waals surface area contributed by atoms with Crippen molar-refractivity contribution in [2.45, 2.75) is 63.9 Å². The van der Waals surface area contributed by atoms with Crippen molar-refractivity contribution in [1.82, 2.24) is 4.98 Å². The van der Waals surface area contributed by atoms with Gasteiger partial charge in [0.05, 0.1) is 0 Å². The molecule has 1 aromatic heterocycles. The van der Waals surface area contributed by atoms with Crippen LogP contribution in [0.4, 0.5) is 0 Å². The predicted molar refractivity (Wildman–Crippen MR) is 105 cm³/mol. The van der Waals surface area contributed by atoms with Crippen LogP contribution in [0.2, 0.25) is 5.02 Å². The van der Waals surface area contributed by atoms with Crippen molar-refractivity contribution in [3.63, 3.8) is 0 Å². The van der Waals surface area contributed by atoms with Gasteiger partial charge in [0.1, 0.15) is 11.8 Å². The van der Waals surface area contributed by atoms with Gasteiger partial charge in [0.25, 0.3) is 0 Å². The van der Waals surface area contributed by atoms with Gasteiger partial charge in [0.2, 0.25) is 0 Å². The van der Waals surface area contributed by atoms with E-state index in [-0.39, 0.29) is 23.8 Å². The number of carbonyl (C=O) groups is 2. The van der Waals surface area contributed by atoms with Gasteiger partial charge in [-0.2, -0.15) is 0 Å². The number of esters is 1. The highest BCUT2D eigenvalue weighted by molar-refractivity contribution is 6.30. The van der Waals surface area contributed by atoms with Crippen molar-refractivity contribution < 1.29 is 14.3 Å². The van der Waals surface area contributed by atoms with Gasteiger partial charge in [-0.05, 0) is 68.2 Å². The fourth-order valence-corrected chi connectivity index (χ4v) is 4.53.